The molecule has 9 aromatic carbocycles. The number of hydrogen-bond acceptors (Lipinski definition) is 6. The molecule has 1 N–H and O–H groups in total. The highest BCUT2D eigenvalue weighted by Gasteiger charge is 1.93. The molecule has 0 bridgehead atoms. The fourth-order valence-electron chi connectivity index (χ4n) is 6.46. The van der Waals surface area contributed by atoms with Crippen LogP contribution in [-0.2, 0) is 14.3 Å². The van der Waals surface area contributed by atoms with Crippen molar-refractivity contribution < 1.29 is 28.6 Å². The van der Waals surface area contributed by atoms with Gasteiger partial charge in [0.1, 0.15) is 17.3 Å². The van der Waals surface area contributed by atoms with Gasteiger partial charge in [-0.25, -0.2) is 19.0 Å². The number of aromatic nitrogens is 2. The van der Waals surface area contributed by atoms with Gasteiger partial charge in [0.15, 0.2) is 0 Å². The predicted molar refractivity (Wildman–Crippen MR) is 424 cm³/mol. The van der Waals surface area contributed by atoms with Crippen LogP contribution in [0.2, 0.25) is 5.02 Å². The van der Waals surface area contributed by atoms with Gasteiger partial charge in [0, 0.05) is 102 Å². The lowest BCUT2D eigenvalue weighted by Gasteiger charge is -1.96. The Kier molecular flexibility index (Phi) is 49.9. The minimum atomic E-state index is -1.10. The fourth-order valence-corrected chi connectivity index (χ4v) is 6.85. The molecule has 0 saturated carbocycles. The summed E-state index contributed by atoms with van der Waals surface area (Å²) in [5.74, 6) is 34.5. The highest BCUT2D eigenvalue weighted by Crippen LogP contribution is 2.11. The summed E-state index contributed by atoms with van der Waals surface area (Å²) in [6.07, 6.45) is 46.7. The summed E-state index contributed by atoms with van der Waals surface area (Å²) in [6, 6.07) is 84.7. The Morgan fingerprint density at radius 3 is 1.11 bits per heavy atom. The van der Waals surface area contributed by atoms with Gasteiger partial charge in [-0.05, 0) is 189 Å². The average Bonchev–Trinajstić information content (AvgIpc) is 1.30. The molecule has 0 aliphatic carbocycles. The number of terminal acetylenes is 8. The smallest absolute Gasteiger partial charge is 0.384 e. The lowest BCUT2D eigenvalue weighted by Crippen LogP contribution is -1.99. The Morgan fingerprint density at radius 2 is 0.786 bits per heavy atom. The van der Waals surface area contributed by atoms with Crippen molar-refractivity contribution in [3.8, 4) is 140 Å². The van der Waals surface area contributed by atoms with Crippen LogP contribution in [0.25, 0.3) is 0 Å². The van der Waals surface area contributed by atoms with Crippen molar-refractivity contribution in [2.24, 2.45) is 0 Å². The zero-order valence-electron chi connectivity index (χ0n) is 56.9. The van der Waals surface area contributed by atoms with Gasteiger partial charge in [-0.3, -0.25) is 4.98 Å². The standard InChI is InChI=1S/C11H10O2.C10H10.C9H6O2.C9H8O.C8H5Br.C8H5Cl.C8H5F.2C8H6.2C7H5N/c1-2-13-11(12)9-8-10-6-4-3-5-7-10;1-2-3-7-10-8-5-4-6-9-10;10-9(11)7-6-8-4-2-1-3-5-8;1-3-8-4-6-9(10-2)7-5-8;3*1-2-7-3-5-8(9)6-4-7;2*1-2-8-6-4-3-5-7-8;1-2-7-4-3-5-8-6-7;1-2-7-5-3-4-6-8-7/h3-7H,2H2,1H3;4-6,8-9H,2H2,1H3;1-5H,(H,10,11);1,4-7H,2H3;3*1,3-6H;2*1,3-7H;2*1,3-6H. The number of aliphatic carboxylic acids is 1. The van der Waals surface area contributed by atoms with E-state index in [1.165, 1.54) is 12.1 Å². The molecule has 2 aromatic heterocycles. The molecular weight excluding hydrogens is 1360 g/mol. The third-order valence-corrected chi connectivity index (χ3v) is 12.2. The minimum Gasteiger partial charge on any atom is -0.497 e. The average molecular weight is 1430 g/mol. The zero-order chi connectivity index (χ0) is 75.6. The summed E-state index contributed by atoms with van der Waals surface area (Å²) >= 11 is 8.91. The van der Waals surface area contributed by atoms with E-state index in [9.17, 15) is 14.0 Å². The van der Waals surface area contributed by atoms with Crippen LogP contribution in [0.3, 0.4) is 0 Å². The number of carbonyl (C=O) groups is 2. The van der Waals surface area contributed by atoms with E-state index in [1.807, 2.05) is 230 Å². The number of hydrogen-bond donors (Lipinski definition) is 1. The third-order valence-electron chi connectivity index (χ3n) is 11.4. The molecular formula is C93H71BrClFN2O5. The van der Waals surface area contributed by atoms with Crippen molar-refractivity contribution in [2.45, 2.75) is 20.3 Å². The second-order valence-corrected chi connectivity index (χ2v) is 20.2. The van der Waals surface area contributed by atoms with Gasteiger partial charge in [-0.15, -0.1) is 51.4 Å². The number of rotatable bonds is 2. The lowest BCUT2D eigenvalue weighted by molar-refractivity contribution is -0.136. The Bertz CT molecular complexity index is 4390. The summed E-state index contributed by atoms with van der Waals surface area (Å²) in [5.41, 5.74) is 9.38. The van der Waals surface area contributed by atoms with Crippen molar-refractivity contribution in [3.05, 3.63) is 374 Å². The number of nitrogens with zero attached hydrogens (tertiary/aromatic N) is 2. The molecule has 11 aromatic rings. The highest BCUT2D eigenvalue weighted by atomic mass is 79.9. The Balaban J connectivity index is 0.000000568. The fraction of sp³-hybridized carbons (Fsp3) is 0.0538. The SMILES string of the molecule is C#Cc1ccc(Br)cc1.C#Cc1ccc(Cl)cc1.C#Cc1ccc(F)cc1.C#Cc1ccc(OC)cc1.C#Cc1ccccc1.C#Cc1ccccc1.C#Cc1ccccn1.C#Cc1cccnc1.CCC#Cc1ccccc1.CCOC(=O)C#Cc1ccccc1.O=C(O)C#Cc1ccccc1. The predicted octanol–water partition coefficient (Wildman–Crippen LogP) is 18.9. The van der Waals surface area contributed by atoms with Gasteiger partial charge < -0.3 is 14.6 Å². The normalized spacial score (nSPS) is 8.17. The van der Waals surface area contributed by atoms with Crippen LogP contribution in [0.4, 0.5) is 4.39 Å². The van der Waals surface area contributed by atoms with Gasteiger partial charge in [-0.1, -0.05) is 203 Å². The maximum atomic E-state index is 12.2. The van der Waals surface area contributed by atoms with E-state index in [1.54, 1.807) is 75.1 Å². The number of pyridine rings is 2. The highest BCUT2D eigenvalue weighted by molar-refractivity contribution is 9.10. The van der Waals surface area contributed by atoms with E-state index in [-0.39, 0.29) is 5.82 Å². The van der Waals surface area contributed by atoms with Crippen molar-refractivity contribution in [1.29, 1.82) is 0 Å². The Hall–Kier alpha value is -14.1. The van der Waals surface area contributed by atoms with E-state index < -0.39 is 11.9 Å². The molecule has 7 nitrogen and oxygen atoms in total. The molecule has 0 radical (unpaired) electrons. The topological polar surface area (TPSA) is 98.6 Å². The summed E-state index contributed by atoms with van der Waals surface area (Å²) in [6.45, 7) is 4.17. The second-order valence-electron chi connectivity index (χ2n) is 18.9. The molecule has 0 amide bonds. The molecule has 0 fully saturated rings. The molecule has 0 spiro atoms. The second kappa shape index (κ2) is 59.2. The van der Waals surface area contributed by atoms with Gasteiger partial charge in [-0.2, -0.15) is 0 Å². The Morgan fingerprint density at radius 1 is 0.427 bits per heavy atom. The van der Waals surface area contributed by atoms with E-state index in [2.05, 4.69) is 115 Å². The number of carboxylic acids is 1. The summed E-state index contributed by atoms with van der Waals surface area (Å²) in [7, 11) is 1.63. The quantitative estimate of drug-likeness (QED) is 0.136. The molecule has 504 valence electrons. The number of benzene rings is 9. The van der Waals surface area contributed by atoms with Crippen LogP contribution in [0.15, 0.2) is 302 Å². The minimum absolute atomic E-state index is 0.256. The monoisotopic (exact) mass is 1430 g/mol. The lowest BCUT2D eigenvalue weighted by atomic mass is 10.2. The van der Waals surface area contributed by atoms with Crippen LogP contribution in [-0.4, -0.2) is 40.7 Å². The maximum absolute atomic E-state index is 12.2. The number of halogens is 3. The van der Waals surface area contributed by atoms with Gasteiger partial charge in [0.05, 0.1) is 13.7 Å². The first kappa shape index (κ1) is 86.9. The first-order chi connectivity index (χ1) is 50.1. The number of esters is 1. The van der Waals surface area contributed by atoms with Crippen molar-refractivity contribution >= 4 is 39.5 Å². The molecule has 103 heavy (non-hydrogen) atoms. The van der Waals surface area contributed by atoms with E-state index in [4.69, 9.17) is 72.8 Å². The molecule has 0 aliphatic heterocycles. The number of methoxy groups -OCH3 is 1. The summed E-state index contributed by atoms with van der Waals surface area (Å²) in [5, 5.41) is 8.92. The molecule has 2 heterocycles. The number of ether oxygens (including phenoxy) is 2. The number of carbonyl (C=O) groups excluding carboxylic acids is 1. The van der Waals surface area contributed by atoms with Crippen LogP contribution in [0, 0.1) is 140 Å². The summed E-state index contributed by atoms with van der Waals surface area (Å²) in [4.78, 5) is 28.5. The first-order valence-electron chi connectivity index (χ1n) is 30.8. The van der Waals surface area contributed by atoms with E-state index >= 15 is 0 Å². The Labute approximate surface area is 622 Å². The van der Waals surface area contributed by atoms with E-state index in [0.717, 1.165) is 66.7 Å². The van der Waals surface area contributed by atoms with Crippen molar-refractivity contribution in [2.75, 3.05) is 13.7 Å². The van der Waals surface area contributed by atoms with Crippen LogP contribution < -0.4 is 4.74 Å². The molecule has 0 atom stereocenters. The molecule has 0 unspecified atom stereocenters. The van der Waals surface area contributed by atoms with Crippen LogP contribution in [0.5, 0.6) is 5.75 Å². The maximum Gasteiger partial charge on any atom is 0.384 e. The molecule has 11 rings (SSSR count). The molecule has 0 saturated heterocycles. The van der Waals surface area contributed by atoms with Crippen molar-refractivity contribution in [3.63, 3.8) is 0 Å². The molecule has 0 aliphatic rings. The third kappa shape index (κ3) is 47.4. The van der Waals surface area contributed by atoms with E-state index in [0.29, 0.717) is 22.9 Å². The number of carboxylic acid groups (broad SMARTS) is 1. The summed E-state index contributed by atoms with van der Waals surface area (Å²) < 4.78 is 22.8. The molecule has 10 heteroatoms. The zero-order valence-corrected chi connectivity index (χ0v) is 59.3. The van der Waals surface area contributed by atoms with Crippen molar-refractivity contribution in [1.82, 2.24) is 9.97 Å². The first-order valence-corrected chi connectivity index (χ1v) is 31.9. The van der Waals surface area contributed by atoms with Gasteiger partial charge in [0.2, 0.25) is 0 Å². The van der Waals surface area contributed by atoms with Crippen LogP contribution >= 0.6 is 27.5 Å². The largest absolute Gasteiger partial charge is 0.497 e. The van der Waals surface area contributed by atoms with Crippen LogP contribution in [0.1, 0.15) is 81.6 Å². The van der Waals surface area contributed by atoms with Gasteiger partial charge in [0.25, 0.3) is 0 Å². The van der Waals surface area contributed by atoms with Gasteiger partial charge >= 0.3 is 11.9 Å².